The second kappa shape index (κ2) is 5.73. The Hall–Kier alpha value is -2.55. The van der Waals surface area contributed by atoms with Gasteiger partial charge in [-0.15, -0.1) is 0 Å². The van der Waals surface area contributed by atoms with Crippen LogP contribution >= 0.6 is 0 Å². The SMILES string of the molecule is Cc1ccc2c(c1)C(C)(C)[C@@]1(C=Cc3ccccc3C)NC(=O)CCN21. The van der Waals surface area contributed by atoms with Gasteiger partial charge in [0.1, 0.15) is 5.66 Å². The Kier molecular flexibility index (Phi) is 3.72. The fraction of sp³-hybridized carbons (Fsp3) is 0.348. The molecule has 2 aromatic carbocycles. The molecule has 2 aromatic rings. The van der Waals surface area contributed by atoms with Gasteiger partial charge in [-0.25, -0.2) is 0 Å². The number of anilines is 1. The smallest absolute Gasteiger partial charge is 0.223 e. The van der Waals surface area contributed by atoms with Crippen LogP contribution in [0.4, 0.5) is 5.69 Å². The van der Waals surface area contributed by atoms with Crippen LogP contribution in [0.15, 0.2) is 48.5 Å². The summed E-state index contributed by atoms with van der Waals surface area (Å²) in [5.41, 5.74) is 5.43. The van der Waals surface area contributed by atoms with Gasteiger partial charge in [-0.05, 0) is 42.7 Å². The van der Waals surface area contributed by atoms with Crippen molar-refractivity contribution >= 4 is 17.7 Å². The summed E-state index contributed by atoms with van der Waals surface area (Å²) in [4.78, 5) is 14.8. The van der Waals surface area contributed by atoms with Gasteiger partial charge in [0.25, 0.3) is 0 Å². The molecular weight excluding hydrogens is 320 g/mol. The highest BCUT2D eigenvalue weighted by atomic mass is 16.2. The topological polar surface area (TPSA) is 32.3 Å². The molecule has 2 heterocycles. The van der Waals surface area contributed by atoms with Crippen molar-refractivity contribution in [3.8, 4) is 0 Å². The number of carbonyl (C=O) groups is 1. The molecule has 26 heavy (non-hydrogen) atoms. The van der Waals surface area contributed by atoms with E-state index in [1.54, 1.807) is 0 Å². The van der Waals surface area contributed by atoms with E-state index in [9.17, 15) is 4.79 Å². The van der Waals surface area contributed by atoms with Gasteiger partial charge in [-0.3, -0.25) is 4.79 Å². The largest absolute Gasteiger partial charge is 0.344 e. The lowest BCUT2D eigenvalue weighted by molar-refractivity contribution is -0.124. The monoisotopic (exact) mass is 346 g/mol. The maximum absolute atomic E-state index is 12.4. The Bertz CT molecular complexity index is 912. The molecule has 2 aliphatic heterocycles. The number of benzene rings is 2. The van der Waals surface area contributed by atoms with E-state index >= 15 is 0 Å². The Morgan fingerprint density at radius 3 is 2.65 bits per heavy atom. The van der Waals surface area contributed by atoms with Crippen molar-refractivity contribution in [2.75, 3.05) is 11.4 Å². The summed E-state index contributed by atoms with van der Waals surface area (Å²) in [5, 5.41) is 3.34. The summed E-state index contributed by atoms with van der Waals surface area (Å²) in [6.45, 7) is 9.45. The van der Waals surface area contributed by atoms with E-state index in [4.69, 9.17) is 0 Å². The molecule has 3 nitrogen and oxygen atoms in total. The van der Waals surface area contributed by atoms with Crippen molar-refractivity contribution in [1.29, 1.82) is 0 Å². The molecule has 4 rings (SSSR count). The summed E-state index contributed by atoms with van der Waals surface area (Å²) in [6.07, 6.45) is 4.89. The zero-order chi connectivity index (χ0) is 18.5. The van der Waals surface area contributed by atoms with E-state index in [2.05, 4.69) is 92.5 Å². The van der Waals surface area contributed by atoms with Crippen LogP contribution in [0.2, 0.25) is 0 Å². The Morgan fingerprint density at radius 1 is 1.12 bits per heavy atom. The van der Waals surface area contributed by atoms with Crippen molar-refractivity contribution in [2.24, 2.45) is 0 Å². The molecule has 3 heteroatoms. The van der Waals surface area contributed by atoms with Crippen molar-refractivity contribution < 1.29 is 4.79 Å². The number of amides is 1. The third-order valence-electron chi connectivity index (χ3n) is 6.08. The number of aryl methyl sites for hydroxylation is 2. The Balaban J connectivity index is 1.88. The van der Waals surface area contributed by atoms with Crippen molar-refractivity contribution in [3.63, 3.8) is 0 Å². The van der Waals surface area contributed by atoms with Crippen molar-refractivity contribution in [1.82, 2.24) is 5.32 Å². The Morgan fingerprint density at radius 2 is 1.88 bits per heavy atom. The molecule has 0 radical (unpaired) electrons. The van der Waals surface area contributed by atoms with Crippen LogP contribution in [0.5, 0.6) is 0 Å². The minimum atomic E-state index is -0.541. The fourth-order valence-electron chi connectivity index (χ4n) is 4.45. The van der Waals surface area contributed by atoms with Gasteiger partial charge in [0, 0.05) is 24.1 Å². The molecule has 2 aliphatic rings. The van der Waals surface area contributed by atoms with E-state index in [0.29, 0.717) is 6.42 Å². The van der Waals surface area contributed by atoms with Crippen LogP contribution in [0.25, 0.3) is 6.08 Å². The van der Waals surface area contributed by atoms with E-state index < -0.39 is 5.66 Å². The van der Waals surface area contributed by atoms with Gasteiger partial charge in [0.2, 0.25) is 5.91 Å². The molecular formula is C23H26N2O. The first kappa shape index (κ1) is 16.9. The predicted octanol–water partition coefficient (Wildman–Crippen LogP) is 4.33. The van der Waals surface area contributed by atoms with E-state index in [-0.39, 0.29) is 11.3 Å². The lowest BCUT2D eigenvalue weighted by Crippen LogP contribution is -2.68. The van der Waals surface area contributed by atoms with Crippen molar-refractivity contribution in [3.05, 3.63) is 70.8 Å². The van der Waals surface area contributed by atoms with Gasteiger partial charge >= 0.3 is 0 Å². The van der Waals surface area contributed by atoms with Crippen LogP contribution < -0.4 is 10.2 Å². The van der Waals surface area contributed by atoms with Gasteiger partial charge in [0.15, 0.2) is 0 Å². The minimum Gasteiger partial charge on any atom is -0.344 e. The third-order valence-corrected chi connectivity index (χ3v) is 6.08. The van der Waals surface area contributed by atoms with Gasteiger partial charge in [0.05, 0.1) is 0 Å². The third kappa shape index (κ3) is 2.30. The standard InChI is InChI=1S/C23H26N2O/c1-16-9-10-20-19(15-16)22(3,4)23(24-21(26)12-14-25(20)23)13-11-18-8-6-5-7-17(18)2/h5-11,13,15H,12,14H2,1-4H3,(H,24,26)/t23-/m0/s1. The molecule has 0 aromatic heterocycles. The van der Waals surface area contributed by atoms with Crippen molar-refractivity contribution in [2.45, 2.75) is 45.2 Å². The summed E-state index contributed by atoms with van der Waals surface area (Å²) >= 11 is 0. The van der Waals surface area contributed by atoms with Gasteiger partial charge in [-0.1, -0.05) is 61.9 Å². The second-order valence-corrected chi connectivity index (χ2v) is 8.05. The summed E-state index contributed by atoms with van der Waals surface area (Å²) in [7, 11) is 0. The molecule has 1 fully saturated rings. The van der Waals surface area contributed by atoms with Gasteiger partial charge < -0.3 is 10.2 Å². The quantitative estimate of drug-likeness (QED) is 0.878. The molecule has 1 N–H and O–H groups in total. The molecule has 1 atom stereocenters. The summed E-state index contributed by atoms with van der Waals surface area (Å²) in [6, 6.07) is 15.0. The molecule has 0 bridgehead atoms. The highest BCUT2D eigenvalue weighted by Crippen LogP contribution is 2.52. The maximum Gasteiger partial charge on any atom is 0.223 e. The van der Waals surface area contributed by atoms with Crippen LogP contribution in [0.3, 0.4) is 0 Å². The van der Waals surface area contributed by atoms with E-state index in [0.717, 1.165) is 6.54 Å². The zero-order valence-corrected chi connectivity index (χ0v) is 16.0. The molecule has 0 aliphatic carbocycles. The van der Waals surface area contributed by atoms with Gasteiger partial charge in [-0.2, -0.15) is 0 Å². The van der Waals surface area contributed by atoms with Crippen LogP contribution in [-0.2, 0) is 10.2 Å². The predicted molar refractivity (Wildman–Crippen MR) is 107 cm³/mol. The number of fused-ring (bicyclic) bond motifs is 3. The average Bonchev–Trinajstić information content (AvgIpc) is 2.79. The minimum absolute atomic E-state index is 0.119. The number of nitrogens with zero attached hydrogens (tertiary/aromatic N) is 1. The second-order valence-electron chi connectivity index (χ2n) is 8.05. The lowest BCUT2D eigenvalue weighted by Gasteiger charge is -2.49. The molecule has 1 saturated heterocycles. The first-order chi connectivity index (χ1) is 12.3. The van der Waals surface area contributed by atoms with Crippen LogP contribution in [0, 0.1) is 13.8 Å². The number of hydrogen-bond donors (Lipinski definition) is 1. The first-order valence-electron chi connectivity index (χ1n) is 9.30. The maximum atomic E-state index is 12.4. The number of carbonyl (C=O) groups excluding carboxylic acids is 1. The van der Waals surface area contributed by atoms with E-state index in [1.165, 1.54) is 27.9 Å². The normalized spacial score (nSPS) is 23.7. The number of hydrogen-bond acceptors (Lipinski definition) is 2. The molecule has 134 valence electrons. The Labute approximate surface area is 155 Å². The molecule has 0 saturated carbocycles. The molecule has 0 spiro atoms. The number of rotatable bonds is 2. The zero-order valence-electron chi connectivity index (χ0n) is 16.0. The summed E-state index contributed by atoms with van der Waals surface area (Å²) < 4.78 is 0. The van der Waals surface area contributed by atoms with Crippen LogP contribution in [0.1, 0.15) is 42.5 Å². The average molecular weight is 346 g/mol. The highest BCUT2D eigenvalue weighted by molar-refractivity contribution is 5.84. The lowest BCUT2D eigenvalue weighted by atomic mass is 9.74. The van der Waals surface area contributed by atoms with Crippen LogP contribution in [-0.4, -0.2) is 18.1 Å². The molecule has 0 unspecified atom stereocenters. The highest BCUT2D eigenvalue weighted by Gasteiger charge is 2.57. The molecule has 1 amide bonds. The van der Waals surface area contributed by atoms with E-state index in [1.807, 2.05) is 0 Å². The number of nitrogens with one attached hydrogen (secondary N) is 1. The fourth-order valence-corrected chi connectivity index (χ4v) is 4.45. The first-order valence-corrected chi connectivity index (χ1v) is 9.30. The summed E-state index contributed by atoms with van der Waals surface area (Å²) in [5.74, 6) is 0.119.